The van der Waals surface area contributed by atoms with Crippen LogP contribution in [0.3, 0.4) is 0 Å². The number of carbonyl (C=O) groups is 1. The molecular formula is C16H17BrN2O4. The van der Waals surface area contributed by atoms with Crippen molar-refractivity contribution in [3.05, 3.63) is 59.3 Å². The fourth-order valence-electron chi connectivity index (χ4n) is 1.41. The van der Waals surface area contributed by atoms with Crippen molar-refractivity contribution < 1.29 is 19.4 Å². The predicted molar refractivity (Wildman–Crippen MR) is 92.9 cm³/mol. The standard InChI is InChI=1S/C16H17BrN2O4/c1-3-5-13(20)6-4-9-18-19-16(21)11-23-14-8-7-12(17)10-15(14)22-2/h3-10,20H,1,11H2,2H3,(H,19,21)/b6-4+,13-5-,18-9+. The molecule has 0 saturated heterocycles. The maximum atomic E-state index is 11.6. The zero-order valence-electron chi connectivity index (χ0n) is 12.5. The van der Waals surface area contributed by atoms with Gasteiger partial charge in [0.1, 0.15) is 5.76 Å². The summed E-state index contributed by atoms with van der Waals surface area (Å²) in [6, 6.07) is 5.21. The summed E-state index contributed by atoms with van der Waals surface area (Å²) in [4.78, 5) is 11.6. The summed E-state index contributed by atoms with van der Waals surface area (Å²) in [5.41, 5.74) is 2.29. The van der Waals surface area contributed by atoms with Crippen LogP contribution < -0.4 is 14.9 Å². The van der Waals surface area contributed by atoms with Gasteiger partial charge in [-0.3, -0.25) is 4.79 Å². The molecule has 0 radical (unpaired) electrons. The van der Waals surface area contributed by atoms with E-state index in [1.54, 1.807) is 18.2 Å². The van der Waals surface area contributed by atoms with Gasteiger partial charge < -0.3 is 14.6 Å². The highest BCUT2D eigenvalue weighted by molar-refractivity contribution is 9.10. The van der Waals surface area contributed by atoms with E-state index in [0.29, 0.717) is 11.5 Å². The lowest BCUT2D eigenvalue weighted by atomic mass is 10.3. The number of nitrogens with zero attached hydrogens (tertiary/aromatic N) is 1. The Hall–Kier alpha value is -2.54. The summed E-state index contributed by atoms with van der Waals surface area (Å²) in [5, 5.41) is 12.9. The number of carbonyl (C=O) groups excluding carboxylic acids is 1. The lowest BCUT2D eigenvalue weighted by Crippen LogP contribution is -2.24. The molecule has 0 aliphatic heterocycles. The Balaban J connectivity index is 2.43. The number of allylic oxidation sites excluding steroid dienone is 4. The molecule has 0 unspecified atom stereocenters. The topological polar surface area (TPSA) is 80.2 Å². The summed E-state index contributed by atoms with van der Waals surface area (Å²) in [5.74, 6) is 0.575. The van der Waals surface area contributed by atoms with E-state index in [0.717, 1.165) is 4.47 Å². The first-order chi connectivity index (χ1) is 11.1. The third kappa shape index (κ3) is 7.32. The Morgan fingerprint density at radius 3 is 2.96 bits per heavy atom. The van der Waals surface area contributed by atoms with Crippen molar-refractivity contribution in [1.29, 1.82) is 0 Å². The lowest BCUT2D eigenvalue weighted by Gasteiger charge is -2.09. The molecule has 0 aromatic heterocycles. The maximum Gasteiger partial charge on any atom is 0.277 e. The molecule has 122 valence electrons. The number of hydrazone groups is 1. The summed E-state index contributed by atoms with van der Waals surface area (Å²) >= 11 is 3.32. The van der Waals surface area contributed by atoms with Crippen LogP contribution >= 0.6 is 15.9 Å². The van der Waals surface area contributed by atoms with Gasteiger partial charge >= 0.3 is 0 Å². The van der Waals surface area contributed by atoms with Crippen LogP contribution in [0.25, 0.3) is 0 Å². The van der Waals surface area contributed by atoms with Crippen molar-refractivity contribution in [3.8, 4) is 11.5 Å². The number of nitrogens with one attached hydrogen (secondary N) is 1. The van der Waals surface area contributed by atoms with E-state index >= 15 is 0 Å². The Morgan fingerprint density at radius 2 is 2.26 bits per heavy atom. The van der Waals surface area contributed by atoms with Crippen molar-refractivity contribution >= 4 is 28.1 Å². The number of ether oxygens (including phenoxy) is 2. The minimum atomic E-state index is -0.425. The third-order valence-corrected chi connectivity index (χ3v) is 2.88. The van der Waals surface area contributed by atoms with Crippen LogP contribution in [0.2, 0.25) is 0 Å². The van der Waals surface area contributed by atoms with Gasteiger partial charge in [-0.1, -0.05) is 28.6 Å². The first kappa shape index (κ1) is 18.5. The monoisotopic (exact) mass is 380 g/mol. The average molecular weight is 381 g/mol. The van der Waals surface area contributed by atoms with Gasteiger partial charge in [-0.25, -0.2) is 5.43 Å². The van der Waals surface area contributed by atoms with Crippen molar-refractivity contribution in [1.82, 2.24) is 5.43 Å². The van der Waals surface area contributed by atoms with E-state index in [1.807, 2.05) is 0 Å². The highest BCUT2D eigenvalue weighted by Gasteiger charge is 2.07. The molecule has 0 aliphatic carbocycles. The Morgan fingerprint density at radius 1 is 1.48 bits per heavy atom. The number of rotatable bonds is 8. The molecule has 0 heterocycles. The lowest BCUT2D eigenvalue weighted by molar-refractivity contribution is -0.123. The van der Waals surface area contributed by atoms with Gasteiger partial charge in [0.05, 0.1) is 7.11 Å². The third-order valence-electron chi connectivity index (χ3n) is 2.39. The number of aliphatic hydroxyl groups is 1. The second-order valence-electron chi connectivity index (χ2n) is 4.08. The second-order valence-corrected chi connectivity index (χ2v) is 5.00. The number of hydrogen-bond acceptors (Lipinski definition) is 5. The molecule has 0 saturated carbocycles. The first-order valence-electron chi connectivity index (χ1n) is 6.53. The molecule has 0 fully saturated rings. The van der Waals surface area contributed by atoms with Crippen molar-refractivity contribution in [2.75, 3.05) is 13.7 Å². The van der Waals surface area contributed by atoms with Gasteiger partial charge in [0.2, 0.25) is 0 Å². The van der Waals surface area contributed by atoms with Crippen LogP contribution in [-0.2, 0) is 4.79 Å². The Bertz CT molecular complexity index is 639. The van der Waals surface area contributed by atoms with Gasteiger partial charge in [0, 0.05) is 10.7 Å². The van der Waals surface area contributed by atoms with Gasteiger partial charge in [0.25, 0.3) is 5.91 Å². The molecule has 0 spiro atoms. The number of hydrogen-bond donors (Lipinski definition) is 2. The first-order valence-corrected chi connectivity index (χ1v) is 7.32. The second kappa shape index (κ2) is 10.2. The van der Waals surface area contributed by atoms with Crippen LogP contribution in [0.1, 0.15) is 0 Å². The van der Waals surface area contributed by atoms with Crippen LogP contribution in [0.5, 0.6) is 11.5 Å². The number of methoxy groups -OCH3 is 1. The Kier molecular flexibility index (Phi) is 8.23. The van der Waals surface area contributed by atoms with Crippen LogP contribution in [-0.4, -0.2) is 30.9 Å². The van der Waals surface area contributed by atoms with Crippen molar-refractivity contribution in [2.45, 2.75) is 0 Å². The van der Waals surface area contributed by atoms with Crippen LogP contribution in [0.15, 0.2) is 64.4 Å². The molecule has 0 aliphatic rings. The zero-order chi connectivity index (χ0) is 17.1. The van der Waals surface area contributed by atoms with E-state index in [2.05, 4.69) is 33.0 Å². The fraction of sp³-hybridized carbons (Fsp3) is 0.125. The molecule has 23 heavy (non-hydrogen) atoms. The molecule has 1 rings (SSSR count). The molecule has 0 atom stereocenters. The molecule has 7 heteroatoms. The van der Waals surface area contributed by atoms with E-state index in [9.17, 15) is 9.90 Å². The van der Waals surface area contributed by atoms with Gasteiger partial charge in [0.15, 0.2) is 18.1 Å². The average Bonchev–Trinajstić information content (AvgIpc) is 2.53. The largest absolute Gasteiger partial charge is 0.508 e. The van der Waals surface area contributed by atoms with Crippen molar-refractivity contribution in [3.63, 3.8) is 0 Å². The van der Waals surface area contributed by atoms with Crippen molar-refractivity contribution in [2.24, 2.45) is 5.10 Å². The van der Waals surface area contributed by atoms with E-state index in [1.165, 1.54) is 37.6 Å². The van der Waals surface area contributed by atoms with E-state index in [4.69, 9.17) is 9.47 Å². The molecule has 1 aromatic rings. The summed E-state index contributed by atoms with van der Waals surface area (Å²) in [6.07, 6.45) is 7.06. The fourth-order valence-corrected chi connectivity index (χ4v) is 1.75. The van der Waals surface area contributed by atoms with Crippen LogP contribution in [0, 0.1) is 0 Å². The number of benzene rings is 1. The molecule has 6 nitrogen and oxygen atoms in total. The highest BCUT2D eigenvalue weighted by atomic mass is 79.9. The number of aliphatic hydroxyl groups excluding tert-OH is 1. The quantitative estimate of drug-likeness (QED) is 0.314. The maximum absolute atomic E-state index is 11.6. The number of halogens is 1. The molecule has 1 aromatic carbocycles. The number of amides is 1. The highest BCUT2D eigenvalue weighted by Crippen LogP contribution is 2.29. The SMILES string of the molecule is C=C/C=C(O)/C=C/C=N/NC(=O)COc1ccc(Br)cc1OC. The normalized spacial score (nSPS) is 11.7. The molecular weight excluding hydrogens is 364 g/mol. The van der Waals surface area contributed by atoms with Crippen LogP contribution in [0.4, 0.5) is 0 Å². The minimum Gasteiger partial charge on any atom is -0.508 e. The van der Waals surface area contributed by atoms with E-state index < -0.39 is 5.91 Å². The van der Waals surface area contributed by atoms with E-state index in [-0.39, 0.29) is 12.4 Å². The van der Waals surface area contributed by atoms with Gasteiger partial charge in [-0.05, 0) is 36.4 Å². The smallest absolute Gasteiger partial charge is 0.277 e. The van der Waals surface area contributed by atoms with Gasteiger partial charge in [-0.2, -0.15) is 5.10 Å². The molecule has 2 N–H and O–H groups in total. The molecule has 0 bridgehead atoms. The predicted octanol–water partition coefficient (Wildman–Crippen LogP) is 3.12. The zero-order valence-corrected chi connectivity index (χ0v) is 14.1. The summed E-state index contributed by atoms with van der Waals surface area (Å²) < 4.78 is 11.4. The minimum absolute atomic E-state index is 0.0310. The molecule has 1 amide bonds. The Labute approximate surface area is 142 Å². The summed E-state index contributed by atoms with van der Waals surface area (Å²) in [7, 11) is 1.52. The van der Waals surface area contributed by atoms with Gasteiger partial charge in [-0.15, -0.1) is 0 Å². The summed E-state index contributed by atoms with van der Waals surface area (Å²) in [6.45, 7) is 3.24.